The highest BCUT2D eigenvalue weighted by molar-refractivity contribution is 5.96. The van der Waals surface area contributed by atoms with Crippen LogP contribution >= 0.6 is 0 Å². The maximum atomic E-state index is 10.9. The second-order valence-electron chi connectivity index (χ2n) is 2.33. The molecule has 0 aromatic heterocycles. The van der Waals surface area contributed by atoms with Gasteiger partial charge in [0.1, 0.15) is 6.54 Å². The van der Waals surface area contributed by atoms with Gasteiger partial charge in [-0.2, -0.15) is 0 Å². The largest absolute Gasteiger partial charge is 0.335 e. The predicted octanol–water partition coefficient (Wildman–Crippen LogP) is -0.921. The molecule has 1 fully saturated rings. The Labute approximate surface area is 59.4 Å². The number of hydrogen-bond acceptors (Lipinski definition) is 2. The van der Waals surface area contributed by atoms with Crippen LogP contribution < -0.4 is 0 Å². The molecule has 1 radical (unpaired) electrons. The number of piperazine rings is 1. The van der Waals surface area contributed by atoms with Gasteiger partial charge in [-0.1, -0.05) is 0 Å². The zero-order chi connectivity index (χ0) is 7.72. The Kier molecular flexibility index (Phi) is 1.61. The van der Waals surface area contributed by atoms with E-state index in [9.17, 15) is 9.59 Å². The highest BCUT2D eigenvalue weighted by Crippen LogP contribution is 2.02. The lowest BCUT2D eigenvalue weighted by Crippen LogP contribution is -2.47. The lowest BCUT2D eigenvalue weighted by molar-refractivity contribution is -0.143. The van der Waals surface area contributed by atoms with E-state index >= 15 is 0 Å². The summed E-state index contributed by atoms with van der Waals surface area (Å²) in [4.78, 5) is 24.4. The van der Waals surface area contributed by atoms with Gasteiger partial charge in [0.25, 0.3) is 0 Å². The topological polar surface area (TPSA) is 40.6 Å². The van der Waals surface area contributed by atoms with E-state index in [0.717, 1.165) is 0 Å². The first-order valence-electron chi connectivity index (χ1n) is 2.97. The van der Waals surface area contributed by atoms with Gasteiger partial charge in [0.15, 0.2) is 0 Å². The molecule has 10 heavy (non-hydrogen) atoms. The Bertz CT molecular complexity index is 159. The van der Waals surface area contributed by atoms with Gasteiger partial charge in [-0.3, -0.25) is 9.59 Å². The highest BCUT2D eigenvalue weighted by atomic mass is 16.2. The van der Waals surface area contributed by atoms with Gasteiger partial charge in [-0.15, -0.1) is 0 Å². The van der Waals surface area contributed by atoms with Crippen molar-refractivity contribution >= 4 is 11.8 Å². The third-order valence-corrected chi connectivity index (χ3v) is 1.45. The Morgan fingerprint density at radius 2 is 2.00 bits per heavy atom. The average Bonchev–Trinajstić information content (AvgIpc) is 1.84. The number of carbonyl (C=O) groups excluding carboxylic acids is 2. The predicted molar refractivity (Wildman–Crippen MR) is 34.7 cm³/mol. The standard InChI is InChI=1S/C6H9N2O2/c1-7-3-6(10)8(2)4-5(7)9/h3H,4H2,1-2H3. The summed E-state index contributed by atoms with van der Waals surface area (Å²) < 4.78 is 0. The Balaban J connectivity index is 2.63. The fraction of sp³-hybridized carbons (Fsp3) is 0.500. The molecule has 1 rings (SSSR count). The SMILES string of the molecule is CN1[CH]C(=O)N(C)CC1=O. The van der Waals surface area contributed by atoms with Crippen LogP contribution in [0.15, 0.2) is 0 Å². The fourth-order valence-corrected chi connectivity index (χ4v) is 0.729. The molecule has 1 heterocycles. The van der Waals surface area contributed by atoms with Crippen LogP contribution in [0.25, 0.3) is 0 Å². The van der Waals surface area contributed by atoms with Crippen LogP contribution in [0, 0.1) is 6.54 Å². The van der Waals surface area contributed by atoms with Crippen molar-refractivity contribution in [2.75, 3.05) is 20.6 Å². The molecule has 0 aromatic carbocycles. The van der Waals surface area contributed by atoms with Crippen LogP contribution in [0.3, 0.4) is 0 Å². The smallest absolute Gasteiger partial charge is 0.248 e. The van der Waals surface area contributed by atoms with Crippen LogP contribution in [-0.4, -0.2) is 42.3 Å². The summed E-state index contributed by atoms with van der Waals surface area (Å²) in [5.74, 6) is -0.177. The third-order valence-electron chi connectivity index (χ3n) is 1.45. The fourth-order valence-electron chi connectivity index (χ4n) is 0.729. The van der Waals surface area contributed by atoms with E-state index in [-0.39, 0.29) is 18.4 Å². The van der Waals surface area contributed by atoms with Gasteiger partial charge < -0.3 is 9.80 Å². The van der Waals surface area contributed by atoms with Crippen molar-refractivity contribution in [3.8, 4) is 0 Å². The maximum Gasteiger partial charge on any atom is 0.248 e. The molecule has 0 atom stereocenters. The first kappa shape index (κ1) is 7.05. The minimum Gasteiger partial charge on any atom is -0.335 e. The van der Waals surface area contributed by atoms with Crippen molar-refractivity contribution < 1.29 is 9.59 Å². The minimum atomic E-state index is -0.123. The summed E-state index contributed by atoms with van der Waals surface area (Å²) in [5, 5.41) is 0. The molecular weight excluding hydrogens is 132 g/mol. The van der Waals surface area contributed by atoms with Gasteiger partial charge in [0, 0.05) is 14.1 Å². The summed E-state index contributed by atoms with van der Waals surface area (Å²) in [6, 6.07) is 0. The number of amides is 2. The number of carbonyl (C=O) groups is 2. The van der Waals surface area contributed by atoms with Crippen molar-refractivity contribution in [2.45, 2.75) is 0 Å². The normalized spacial score (nSPS) is 20.2. The second kappa shape index (κ2) is 2.28. The van der Waals surface area contributed by atoms with Crippen molar-refractivity contribution in [1.29, 1.82) is 0 Å². The Morgan fingerprint density at radius 1 is 1.40 bits per heavy atom. The molecule has 1 aliphatic rings. The molecule has 0 unspecified atom stereocenters. The number of nitrogens with zero attached hydrogens (tertiary/aromatic N) is 2. The molecule has 0 N–H and O–H groups in total. The second-order valence-corrected chi connectivity index (χ2v) is 2.33. The minimum absolute atomic E-state index is 0.0536. The molecular formula is C6H9N2O2. The van der Waals surface area contributed by atoms with Gasteiger partial charge in [-0.25, -0.2) is 0 Å². The van der Waals surface area contributed by atoms with E-state index in [0.29, 0.717) is 0 Å². The van der Waals surface area contributed by atoms with Crippen LogP contribution in [0.2, 0.25) is 0 Å². The lowest BCUT2D eigenvalue weighted by Gasteiger charge is -2.27. The summed E-state index contributed by atoms with van der Waals surface area (Å²) in [6.45, 7) is 1.47. The molecule has 4 heteroatoms. The van der Waals surface area contributed by atoms with Crippen molar-refractivity contribution in [1.82, 2.24) is 9.80 Å². The molecule has 55 valence electrons. The molecule has 0 aliphatic carbocycles. The molecule has 0 spiro atoms. The van der Waals surface area contributed by atoms with E-state index in [1.807, 2.05) is 0 Å². The quantitative estimate of drug-likeness (QED) is 0.437. The molecule has 0 bridgehead atoms. The first-order valence-corrected chi connectivity index (χ1v) is 2.97. The Morgan fingerprint density at radius 3 is 2.50 bits per heavy atom. The molecule has 4 nitrogen and oxygen atoms in total. The van der Waals surface area contributed by atoms with E-state index in [1.165, 1.54) is 16.3 Å². The maximum absolute atomic E-state index is 10.9. The van der Waals surface area contributed by atoms with Crippen LogP contribution in [-0.2, 0) is 9.59 Å². The lowest BCUT2D eigenvalue weighted by atomic mass is 10.3. The van der Waals surface area contributed by atoms with Crippen molar-refractivity contribution in [3.05, 3.63) is 6.54 Å². The van der Waals surface area contributed by atoms with Crippen LogP contribution in [0.5, 0.6) is 0 Å². The van der Waals surface area contributed by atoms with E-state index in [1.54, 1.807) is 14.1 Å². The zero-order valence-electron chi connectivity index (χ0n) is 6.00. The monoisotopic (exact) mass is 141 g/mol. The average molecular weight is 141 g/mol. The number of rotatable bonds is 0. The zero-order valence-corrected chi connectivity index (χ0v) is 6.00. The molecule has 1 aliphatic heterocycles. The summed E-state index contributed by atoms with van der Waals surface area (Å²) >= 11 is 0. The molecule has 1 saturated heterocycles. The van der Waals surface area contributed by atoms with Crippen LogP contribution in [0.1, 0.15) is 0 Å². The van der Waals surface area contributed by atoms with E-state index in [4.69, 9.17) is 0 Å². The van der Waals surface area contributed by atoms with Gasteiger partial charge >= 0.3 is 0 Å². The van der Waals surface area contributed by atoms with E-state index in [2.05, 4.69) is 0 Å². The summed E-state index contributed by atoms with van der Waals surface area (Å²) in [6.07, 6.45) is 0. The van der Waals surface area contributed by atoms with Crippen molar-refractivity contribution in [3.63, 3.8) is 0 Å². The summed E-state index contributed by atoms with van der Waals surface area (Å²) in [7, 11) is 3.18. The van der Waals surface area contributed by atoms with E-state index < -0.39 is 0 Å². The van der Waals surface area contributed by atoms with Gasteiger partial charge in [0.2, 0.25) is 11.8 Å². The molecule has 2 amide bonds. The third kappa shape index (κ3) is 1.10. The number of likely N-dealkylation sites (N-methyl/N-ethyl adjacent to an activating group) is 2. The highest BCUT2D eigenvalue weighted by Gasteiger charge is 2.24. The van der Waals surface area contributed by atoms with Gasteiger partial charge in [-0.05, 0) is 0 Å². The number of hydrogen-bond donors (Lipinski definition) is 0. The molecule has 0 saturated carbocycles. The van der Waals surface area contributed by atoms with Gasteiger partial charge in [0.05, 0.1) is 6.54 Å². The molecule has 0 aromatic rings. The Hall–Kier alpha value is -1.06. The van der Waals surface area contributed by atoms with Crippen LogP contribution in [0.4, 0.5) is 0 Å². The summed E-state index contributed by atoms with van der Waals surface area (Å²) in [5.41, 5.74) is 0. The first-order chi connectivity index (χ1) is 4.61. The van der Waals surface area contributed by atoms with Crippen molar-refractivity contribution in [2.24, 2.45) is 0 Å².